The van der Waals surface area contributed by atoms with Gasteiger partial charge < -0.3 is 20.1 Å². The Bertz CT molecular complexity index is 834. The average Bonchev–Trinajstić information content (AvgIpc) is 2.56. The first kappa shape index (κ1) is 23.5. The summed E-state index contributed by atoms with van der Waals surface area (Å²) in [5.74, 6) is 0. The predicted molar refractivity (Wildman–Crippen MR) is 120 cm³/mol. The van der Waals surface area contributed by atoms with Crippen LogP contribution in [0.15, 0.2) is 36.4 Å². The van der Waals surface area contributed by atoms with Gasteiger partial charge in [0.05, 0.1) is 12.1 Å². The molecule has 2 aromatic rings. The molecule has 2 N–H and O–H groups in total. The lowest BCUT2D eigenvalue weighted by Crippen LogP contribution is -2.34. The number of benzene rings is 2. The lowest BCUT2D eigenvalue weighted by Gasteiger charge is -2.24. The predicted octanol–water partition coefficient (Wildman–Crippen LogP) is 6.01. The van der Waals surface area contributed by atoms with Crippen molar-refractivity contribution in [1.82, 2.24) is 10.6 Å². The lowest BCUT2D eigenvalue weighted by molar-refractivity contribution is 0.0496. The molecule has 0 saturated heterocycles. The fraction of sp³-hybridized carbons (Fsp3) is 0.500. The smallest absolute Gasteiger partial charge is 0.408 e. The Morgan fingerprint density at radius 1 is 0.700 bits per heavy atom. The molecular formula is C24H34N2O4. The van der Waals surface area contributed by atoms with Gasteiger partial charge in [0, 0.05) is 0 Å². The van der Waals surface area contributed by atoms with Crippen LogP contribution in [0.25, 0.3) is 10.8 Å². The molecule has 0 spiro atoms. The molecule has 0 saturated carbocycles. The quantitative estimate of drug-likeness (QED) is 0.642. The third-order valence-electron chi connectivity index (χ3n) is 4.39. The largest absolute Gasteiger partial charge is 0.444 e. The van der Waals surface area contributed by atoms with Crippen molar-refractivity contribution in [1.29, 1.82) is 0 Å². The van der Waals surface area contributed by atoms with E-state index in [1.165, 1.54) is 0 Å². The number of ether oxygens (including phenoxy) is 2. The molecule has 6 nitrogen and oxygen atoms in total. The number of fused-ring (bicyclic) bond motifs is 1. The minimum absolute atomic E-state index is 0.243. The van der Waals surface area contributed by atoms with E-state index in [9.17, 15) is 9.59 Å². The second kappa shape index (κ2) is 8.94. The van der Waals surface area contributed by atoms with Crippen LogP contribution in [0.5, 0.6) is 0 Å². The molecule has 0 aliphatic rings. The van der Waals surface area contributed by atoms with Gasteiger partial charge in [-0.15, -0.1) is 0 Å². The summed E-state index contributed by atoms with van der Waals surface area (Å²) < 4.78 is 10.8. The summed E-state index contributed by atoms with van der Waals surface area (Å²) in [6.45, 7) is 14.9. The van der Waals surface area contributed by atoms with Crippen molar-refractivity contribution < 1.29 is 19.1 Å². The van der Waals surface area contributed by atoms with Crippen LogP contribution in [0.3, 0.4) is 0 Å². The molecule has 6 heteroatoms. The van der Waals surface area contributed by atoms with E-state index in [4.69, 9.17) is 9.47 Å². The first-order valence-electron chi connectivity index (χ1n) is 10.3. The van der Waals surface area contributed by atoms with E-state index in [-0.39, 0.29) is 12.1 Å². The van der Waals surface area contributed by atoms with Gasteiger partial charge in [0.25, 0.3) is 0 Å². The van der Waals surface area contributed by atoms with Crippen molar-refractivity contribution in [2.45, 2.75) is 78.7 Å². The van der Waals surface area contributed by atoms with Crippen LogP contribution in [-0.4, -0.2) is 23.4 Å². The van der Waals surface area contributed by atoms with Gasteiger partial charge in [-0.1, -0.05) is 36.4 Å². The number of carbonyl (C=O) groups excluding carboxylic acids is 2. The Morgan fingerprint density at radius 2 is 1.03 bits per heavy atom. The molecular weight excluding hydrogens is 380 g/mol. The summed E-state index contributed by atoms with van der Waals surface area (Å²) in [6, 6.07) is 11.4. The number of carbonyl (C=O) groups is 2. The molecule has 0 fully saturated rings. The molecule has 0 aliphatic heterocycles. The molecule has 0 radical (unpaired) electrons. The van der Waals surface area contributed by atoms with Gasteiger partial charge >= 0.3 is 12.2 Å². The number of hydrogen-bond donors (Lipinski definition) is 2. The SMILES string of the molecule is CC(NC(=O)OC(C)(C)C)c1cccc2c(C(C)NC(=O)OC(C)(C)C)cccc12. The summed E-state index contributed by atoms with van der Waals surface area (Å²) in [7, 11) is 0. The van der Waals surface area contributed by atoms with E-state index in [0.717, 1.165) is 21.9 Å². The van der Waals surface area contributed by atoms with Crippen LogP contribution in [-0.2, 0) is 9.47 Å². The van der Waals surface area contributed by atoms with Crippen LogP contribution in [0.1, 0.15) is 78.6 Å². The summed E-state index contributed by atoms with van der Waals surface area (Å²) >= 11 is 0. The average molecular weight is 415 g/mol. The first-order valence-corrected chi connectivity index (χ1v) is 10.3. The number of nitrogens with one attached hydrogen (secondary N) is 2. The molecule has 0 bridgehead atoms. The Hall–Kier alpha value is -2.76. The Balaban J connectivity index is 2.28. The van der Waals surface area contributed by atoms with Crippen LogP contribution >= 0.6 is 0 Å². The normalized spacial score (nSPS) is 14.0. The second-order valence-corrected chi connectivity index (χ2v) is 9.53. The minimum Gasteiger partial charge on any atom is -0.444 e. The van der Waals surface area contributed by atoms with Crippen molar-refractivity contribution in [3.63, 3.8) is 0 Å². The molecule has 30 heavy (non-hydrogen) atoms. The molecule has 0 aliphatic carbocycles. The molecule has 164 valence electrons. The number of alkyl carbamates (subject to hydrolysis) is 2. The van der Waals surface area contributed by atoms with Gasteiger partial charge in [-0.3, -0.25) is 0 Å². The summed E-state index contributed by atoms with van der Waals surface area (Å²) in [5.41, 5.74) is 0.839. The Labute approximate surface area is 179 Å². The molecule has 2 amide bonds. The maximum Gasteiger partial charge on any atom is 0.408 e. The molecule has 2 rings (SSSR count). The Morgan fingerprint density at radius 3 is 1.33 bits per heavy atom. The monoisotopic (exact) mass is 414 g/mol. The zero-order valence-electron chi connectivity index (χ0n) is 19.3. The second-order valence-electron chi connectivity index (χ2n) is 9.53. The van der Waals surface area contributed by atoms with Crippen molar-refractivity contribution >= 4 is 23.0 Å². The molecule has 2 aromatic carbocycles. The molecule has 2 atom stereocenters. The topological polar surface area (TPSA) is 76.7 Å². The molecule has 2 unspecified atom stereocenters. The van der Waals surface area contributed by atoms with E-state index >= 15 is 0 Å². The fourth-order valence-corrected chi connectivity index (χ4v) is 3.24. The van der Waals surface area contributed by atoms with E-state index in [1.807, 2.05) is 91.8 Å². The highest BCUT2D eigenvalue weighted by Gasteiger charge is 2.21. The van der Waals surface area contributed by atoms with Crippen LogP contribution in [0.4, 0.5) is 9.59 Å². The van der Waals surface area contributed by atoms with E-state index in [1.54, 1.807) is 0 Å². The lowest BCUT2D eigenvalue weighted by atomic mass is 9.94. The summed E-state index contributed by atoms with van der Waals surface area (Å²) in [4.78, 5) is 24.4. The van der Waals surface area contributed by atoms with Crippen molar-refractivity contribution in [3.05, 3.63) is 47.5 Å². The zero-order valence-corrected chi connectivity index (χ0v) is 19.3. The Kier molecular flexibility index (Phi) is 7.01. The van der Waals surface area contributed by atoms with Gasteiger partial charge in [-0.25, -0.2) is 9.59 Å². The minimum atomic E-state index is -0.557. The standard InChI is InChI=1S/C24H34N2O4/c1-15(25-21(27)29-23(3,4)5)17-11-9-14-20-18(12-10-13-19(17)20)16(2)26-22(28)30-24(6,7)8/h9-16H,1-8H3,(H,25,27)(H,26,28). The van der Waals surface area contributed by atoms with Gasteiger partial charge in [0.2, 0.25) is 0 Å². The number of rotatable bonds is 4. The maximum atomic E-state index is 12.2. The highest BCUT2D eigenvalue weighted by atomic mass is 16.6. The zero-order chi connectivity index (χ0) is 22.7. The van der Waals surface area contributed by atoms with E-state index in [2.05, 4.69) is 10.6 Å². The highest BCUT2D eigenvalue weighted by molar-refractivity contribution is 5.90. The fourth-order valence-electron chi connectivity index (χ4n) is 3.24. The van der Waals surface area contributed by atoms with E-state index in [0.29, 0.717) is 0 Å². The first-order chi connectivity index (χ1) is 13.8. The third-order valence-corrected chi connectivity index (χ3v) is 4.39. The number of amides is 2. The van der Waals surface area contributed by atoms with Crippen molar-refractivity contribution in [2.24, 2.45) is 0 Å². The van der Waals surface area contributed by atoms with Gasteiger partial charge in [-0.2, -0.15) is 0 Å². The van der Waals surface area contributed by atoms with Crippen LogP contribution < -0.4 is 10.6 Å². The summed E-state index contributed by atoms with van der Waals surface area (Å²) in [5, 5.41) is 7.82. The molecule has 0 aromatic heterocycles. The van der Waals surface area contributed by atoms with Gasteiger partial charge in [0.1, 0.15) is 11.2 Å². The maximum absolute atomic E-state index is 12.2. The highest BCUT2D eigenvalue weighted by Crippen LogP contribution is 2.30. The van der Waals surface area contributed by atoms with Gasteiger partial charge in [0.15, 0.2) is 0 Å². The summed E-state index contributed by atoms with van der Waals surface area (Å²) in [6.07, 6.45) is -0.911. The number of hydrogen-bond acceptors (Lipinski definition) is 4. The van der Waals surface area contributed by atoms with E-state index < -0.39 is 23.4 Å². The van der Waals surface area contributed by atoms with Crippen LogP contribution in [0.2, 0.25) is 0 Å². The molecule has 0 heterocycles. The van der Waals surface area contributed by atoms with Gasteiger partial charge in [-0.05, 0) is 77.3 Å². The van der Waals surface area contributed by atoms with Crippen LogP contribution in [0, 0.1) is 0 Å². The van der Waals surface area contributed by atoms with Crippen molar-refractivity contribution in [3.8, 4) is 0 Å². The van der Waals surface area contributed by atoms with Crippen molar-refractivity contribution in [2.75, 3.05) is 0 Å². The third kappa shape index (κ3) is 6.65.